The lowest BCUT2D eigenvalue weighted by Crippen LogP contribution is -2.20. The molecule has 0 spiro atoms. The summed E-state index contributed by atoms with van der Waals surface area (Å²) in [5.41, 5.74) is 5.85. The minimum atomic E-state index is 0.537. The molecule has 30 heavy (non-hydrogen) atoms. The summed E-state index contributed by atoms with van der Waals surface area (Å²) in [5.74, 6) is 1.09. The Morgan fingerprint density at radius 2 is 1.60 bits per heavy atom. The van der Waals surface area contributed by atoms with E-state index in [0.29, 0.717) is 17.1 Å². The fraction of sp³-hybridized carbons (Fsp3) is 0.172. The fourth-order valence-electron chi connectivity index (χ4n) is 5.31. The van der Waals surface area contributed by atoms with Crippen molar-refractivity contribution in [2.24, 2.45) is 0 Å². The standard InChI is InChI=1S/C29H24S/c1-2-8-20(9-3-1)18-21-10-6-12-23(19-21)25-14-7-15-26-29(25)28-24-13-5-4-11-22(24)16-17-27(28)30-26/h1-13,15-17,19,25-26,29H,14,18H2. The average Bonchev–Trinajstić information content (AvgIpc) is 3.19. The highest BCUT2D eigenvalue weighted by molar-refractivity contribution is 8.00. The van der Waals surface area contributed by atoms with Crippen molar-refractivity contribution >= 4 is 22.5 Å². The van der Waals surface area contributed by atoms with Gasteiger partial charge in [-0.25, -0.2) is 0 Å². The van der Waals surface area contributed by atoms with Gasteiger partial charge in [0.1, 0.15) is 0 Å². The van der Waals surface area contributed by atoms with Crippen LogP contribution >= 0.6 is 11.8 Å². The van der Waals surface area contributed by atoms with Gasteiger partial charge in [0.25, 0.3) is 0 Å². The number of hydrogen-bond donors (Lipinski definition) is 0. The van der Waals surface area contributed by atoms with E-state index in [0.717, 1.165) is 12.8 Å². The number of fused-ring (bicyclic) bond motifs is 5. The van der Waals surface area contributed by atoms with Crippen LogP contribution in [0.1, 0.15) is 40.5 Å². The summed E-state index contributed by atoms with van der Waals surface area (Å²) in [5, 5.41) is 3.35. The van der Waals surface area contributed by atoms with Gasteiger partial charge < -0.3 is 0 Å². The van der Waals surface area contributed by atoms with E-state index in [1.807, 2.05) is 0 Å². The molecule has 3 atom stereocenters. The van der Waals surface area contributed by atoms with Crippen molar-refractivity contribution in [3.05, 3.63) is 125 Å². The predicted molar refractivity (Wildman–Crippen MR) is 129 cm³/mol. The van der Waals surface area contributed by atoms with Crippen molar-refractivity contribution in [3.63, 3.8) is 0 Å². The molecule has 4 aromatic rings. The predicted octanol–water partition coefficient (Wildman–Crippen LogP) is 7.73. The first-order valence-electron chi connectivity index (χ1n) is 10.8. The van der Waals surface area contributed by atoms with E-state index in [2.05, 4.69) is 115 Å². The highest BCUT2D eigenvalue weighted by Crippen LogP contribution is 2.56. The van der Waals surface area contributed by atoms with Crippen LogP contribution in [0.2, 0.25) is 0 Å². The average molecular weight is 405 g/mol. The van der Waals surface area contributed by atoms with Crippen molar-refractivity contribution in [2.45, 2.75) is 34.8 Å². The summed E-state index contributed by atoms with van der Waals surface area (Å²) in [6, 6.07) is 33.7. The lowest BCUT2D eigenvalue weighted by atomic mass is 9.73. The van der Waals surface area contributed by atoms with E-state index >= 15 is 0 Å². The molecule has 3 unspecified atom stereocenters. The number of hydrogen-bond acceptors (Lipinski definition) is 1. The van der Waals surface area contributed by atoms with Gasteiger partial charge in [-0.05, 0) is 57.9 Å². The summed E-state index contributed by atoms with van der Waals surface area (Å²) in [6.07, 6.45) is 6.99. The maximum absolute atomic E-state index is 2.46. The first-order valence-corrected chi connectivity index (χ1v) is 11.7. The van der Waals surface area contributed by atoms with E-state index < -0.39 is 0 Å². The quantitative estimate of drug-likeness (QED) is 0.315. The lowest BCUT2D eigenvalue weighted by Gasteiger charge is -2.31. The van der Waals surface area contributed by atoms with Gasteiger partial charge in [0, 0.05) is 16.1 Å². The van der Waals surface area contributed by atoms with E-state index in [1.54, 1.807) is 5.56 Å². The van der Waals surface area contributed by atoms with Crippen LogP contribution in [0.15, 0.2) is 108 Å². The molecule has 0 amide bonds. The van der Waals surface area contributed by atoms with E-state index in [9.17, 15) is 0 Å². The third-order valence-electron chi connectivity index (χ3n) is 6.66. The molecular formula is C29H24S. The maximum atomic E-state index is 2.46. The summed E-state index contributed by atoms with van der Waals surface area (Å²) < 4.78 is 0. The Labute approximate surface area is 182 Å². The molecule has 0 saturated heterocycles. The van der Waals surface area contributed by atoms with Gasteiger partial charge >= 0.3 is 0 Å². The Balaban J connectivity index is 1.41. The molecule has 0 saturated carbocycles. The Morgan fingerprint density at radius 3 is 2.53 bits per heavy atom. The van der Waals surface area contributed by atoms with Crippen molar-refractivity contribution in [1.82, 2.24) is 0 Å². The first kappa shape index (κ1) is 18.0. The summed E-state index contributed by atoms with van der Waals surface area (Å²) in [6.45, 7) is 0. The van der Waals surface area contributed by atoms with Gasteiger partial charge in [-0.3, -0.25) is 0 Å². The molecule has 1 aliphatic carbocycles. The lowest BCUT2D eigenvalue weighted by molar-refractivity contribution is 0.542. The third kappa shape index (κ3) is 3.09. The molecule has 4 aromatic carbocycles. The number of allylic oxidation sites excluding steroid dienone is 1. The molecule has 1 heteroatoms. The molecular weight excluding hydrogens is 380 g/mol. The first-order chi connectivity index (χ1) is 14.9. The number of thioether (sulfide) groups is 1. The van der Waals surface area contributed by atoms with E-state index in [1.165, 1.54) is 32.4 Å². The monoisotopic (exact) mass is 404 g/mol. The van der Waals surface area contributed by atoms with Crippen LogP contribution < -0.4 is 0 Å². The Bertz CT molecular complexity index is 1240. The molecule has 1 aliphatic heterocycles. The Hall–Kier alpha value is -2.77. The third-order valence-corrected chi connectivity index (χ3v) is 7.99. The van der Waals surface area contributed by atoms with Crippen molar-refractivity contribution < 1.29 is 0 Å². The molecule has 2 aliphatic rings. The van der Waals surface area contributed by atoms with Crippen molar-refractivity contribution in [1.29, 1.82) is 0 Å². The summed E-state index contributed by atoms with van der Waals surface area (Å²) in [7, 11) is 0. The van der Waals surface area contributed by atoms with Crippen LogP contribution in [-0.2, 0) is 6.42 Å². The Morgan fingerprint density at radius 1 is 0.767 bits per heavy atom. The van der Waals surface area contributed by atoms with Crippen LogP contribution in [0.5, 0.6) is 0 Å². The normalized spacial score (nSPS) is 22.1. The topological polar surface area (TPSA) is 0 Å². The highest BCUT2D eigenvalue weighted by atomic mass is 32.2. The minimum Gasteiger partial charge on any atom is -0.118 e. The van der Waals surface area contributed by atoms with Gasteiger partial charge in [-0.15, -0.1) is 11.8 Å². The molecule has 0 aromatic heterocycles. The van der Waals surface area contributed by atoms with Crippen molar-refractivity contribution in [2.75, 3.05) is 0 Å². The molecule has 146 valence electrons. The minimum absolute atomic E-state index is 0.537. The van der Waals surface area contributed by atoms with Gasteiger partial charge in [0.15, 0.2) is 0 Å². The molecule has 0 bridgehead atoms. The fourth-order valence-corrected chi connectivity index (χ4v) is 6.78. The van der Waals surface area contributed by atoms with Gasteiger partial charge in [-0.2, -0.15) is 0 Å². The smallest absolute Gasteiger partial charge is 0.0349 e. The zero-order chi connectivity index (χ0) is 19.9. The second-order valence-electron chi connectivity index (χ2n) is 8.48. The van der Waals surface area contributed by atoms with E-state index in [-0.39, 0.29) is 0 Å². The van der Waals surface area contributed by atoms with Gasteiger partial charge in [-0.1, -0.05) is 97.1 Å². The van der Waals surface area contributed by atoms with Crippen LogP contribution in [-0.4, -0.2) is 5.25 Å². The zero-order valence-corrected chi connectivity index (χ0v) is 17.7. The van der Waals surface area contributed by atoms with Gasteiger partial charge in [0.2, 0.25) is 0 Å². The molecule has 0 N–H and O–H groups in total. The second kappa shape index (κ2) is 7.49. The zero-order valence-electron chi connectivity index (χ0n) is 16.9. The molecule has 1 heterocycles. The summed E-state index contributed by atoms with van der Waals surface area (Å²) in [4.78, 5) is 1.47. The van der Waals surface area contributed by atoms with Crippen LogP contribution in [0, 0.1) is 0 Å². The van der Waals surface area contributed by atoms with Crippen molar-refractivity contribution in [3.8, 4) is 0 Å². The second-order valence-corrected chi connectivity index (χ2v) is 9.70. The Kier molecular flexibility index (Phi) is 4.50. The number of benzene rings is 4. The molecule has 0 radical (unpaired) electrons. The van der Waals surface area contributed by atoms with Crippen LogP contribution in [0.4, 0.5) is 0 Å². The maximum Gasteiger partial charge on any atom is 0.0349 e. The molecule has 6 rings (SSSR count). The molecule has 0 fully saturated rings. The summed E-state index contributed by atoms with van der Waals surface area (Å²) >= 11 is 2.05. The SMILES string of the molecule is C1=CC2Sc3ccc4ccccc4c3C2C(c2cccc(Cc3ccccc3)c2)C1. The largest absolute Gasteiger partial charge is 0.118 e. The van der Waals surface area contributed by atoms with Gasteiger partial charge in [0.05, 0.1) is 0 Å². The molecule has 0 nitrogen and oxygen atoms in total. The van der Waals surface area contributed by atoms with Crippen LogP contribution in [0.25, 0.3) is 10.8 Å². The number of rotatable bonds is 3. The van der Waals surface area contributed by atoms with E-state index in [4.69, 9.17) is 0 Å². The van der Waals surface area contributed by atoms with Crippen LogP contribution in [0.3, 0.4) is 0 Å². The highest BCUT2D eigenvalue weighted by Gasteiger charge is 2.40.